The fourth-order valence-corrected chi connectivity index (χ4v) is 5.77. The van der Waals surface area contributed by atoms with Crippen LogP contribution in [0.3, 0.4) is 0 Å². The largest absolute Gasteiger partial charge is 0.481 e. The number of thiazole rings is 1. The van der Waals surface area contributed by atoms with Crippen LogP contribution >= 0.6 is 11.3 Å². The molecule has 0 bridgehead atoms. The van der Waals surface area contributed by atoms with Gasteiger partial charge < -0.3 is 19.9 Å². The van der Waals surface area contributed by atoms with E-state index < -0.39 is 47.7 Å². The van der Waals surface area contributed by atoms with Gasteiger partial charge >= 0.3 is 11.9 Å². The number of hydrogen-bond donors (Lipinski definition) is 2. The average molecular weight is 575 g/mol. The quantitative estimate of drug-likeness (QED) is 0.366. The maximum absolute atomic E-state index is 14.3. The van der Waals surface area contributed by atoms with Gasteiger partial charge in [-0.05, 0) is 24.6 Å². The third kappa shape index (κ3) is 5.22. The van der Waals surface area contributed by atoms with E-state index in [1.807, 2.05) is 0 Å². The standard InChI is InChI=1S/C27H25F3N4O5S/c1-3-14-11-15(28)5-6-16(14)22-19(26(37)38-4-2)17(32-23(33-22)24-31-7-10-40-24)12-34-8-9-39-18(13-34)20-21(25(35)36)27(20,29)30/h1,5-7,10-11,18,20-22H,4,8-9,12-13H2,2H3,(H,32,33)(H,35,36)/t18-,20?,21?,22?/m0/s1. The SMILES string of the molecule is C#Cc1cc(F)ccc1C1N=C(c2nccs2)NC(CN2CCO[C@H](C3C(C(=O)O)C3(F)F)C2)=C1C(=O)OCC. The Kier molecular flexibility index (Phi) is 7.67. The predicted molar refractivity (Wildman–Crippen MR) is 138 cm³/mol. The lowest BCUT2D eigenvalue weighted by Crippen LogP contribution is -2.47. The molecule has 1 saturated carbocycles. The normalized spacial score (nSPS) is 25.9. The number of amidine groups is 1. The number of esters is 1. The summed E-state index contributed by atoms with van der Waals surface area (Å²) >= 11 is 1.31. The minimum absolute atomic E-state index is 0.0197. The third-order valence-electron chi connectivity index (χ3n) is 7.06. The van der Waals surface area contributed by atoms with Crippen molar-refractivity contribution in [2.45, 2.75) is 25.0 Å². The molecule has 5 rings (SSSR count). The number of rotatable bonds is 8. The number of nitrogens with zero attached hydrogens (tertiary/aromatic N) is 3. The molecule has 13 heteroatoms. The number of carbonyl (C=O) groups excluding carboxylic acids is 1. The second kappa shape index (κ2) is 11.0. The number of carboxylic acid groups (broad SMARTS) is 1. The number of alkyl halides is 2. The van der Waals surface area contributed by atoms with E-state index >= 15 is 0 Å². The van der Waals surface area contributed by atoms with E-state index in [0.29, 0.717) is 28.6 Å². The first-order valence-electron chi connectivity index (χ1n) is 12.5. The fraction of sp³-hybridized carbons (Fsp3) is 0.407. The number of benzene rings is 1. The monoisotopic (exact) mass is 574 g/mol. The number of halogens is 3. The number of aliphatic imine (C=N–C) groups is 1. The minimum atomic E-state index is -3.36. The van der Waals surface area contributed by atoms with Crippen molar-refractivity contribution in [1.29, 1.82) is 0 Å². The Balaban J connectivity index is 1.52. The molecule has 210 valence electrons. The summed E-state index contributed by atoms with van der Waals surface area (Å²) in [6.45, 7) is 2.27. The Morgan fingerprint density at radius 2 is 2.20 bits per heavy atom. The van der Waals surface area contributed by atoms with Crippen LogP contribution in [0, 0.1) is 30.0 Å². The molecule has 2 N–H and O–H groups in total. The van der Waals surface area contributed by atoms with Gasteiger partial charge in [0.05, 0.1) is 30.8 Å². The lowest BCUT2D eigenvalue weighted by Gasteiger charge is -2.35. The highest BCUT2D eigenvalue weighted by Gasteiger charge is 2.75. The molecule has 40 heavy (non-hydrogen) atoms. The first kappa shape index (κ1) is 27.8. The van der Waals surface area contributed by atoms with Crippen LogP contribution in [0.15, 0.2) is 46.0 Å². The van der Waals surface area contributed by atoms with E-state index in [1.165, 1.54) is 29.5 Å². The highest BCUT2D eigenvalue weighted by atomic mass is 32.1. The summed E-state index contributed by atoms with van der Waals surface area (Å²) in [6.07, 6.45) is 6.26. The summed E-state index contributed by atoms with van der Waals surface area (Å²) in [6, 6.07) is 2.90. The molecule has 4 atom stereocenters. The lowest BCUT2D eigenvalue weighted by atomic mass is 9.92. The van der Waals surface area contributed by atoms with Crippen molar-refractivity contribution in [2.24, 2.45) is 16.8 Å². The minimum Gasteiger partial charge on any atom is -0.481 e. The number of morpholine rings is 1. The molecule has 3 unspecified atom stereocenters. The third-order valence-corrected chi connectivity index (χ3v) is 7.84. The van der Waals surface area contributed by atoms with Crippen LogP contribution in [0.2, 0.25) is 0 Å². The van der Waals surface area contributed by atoms with Gasteiger partial charge in [-0.25, -0.2) is 22.9 Å². The van der Waals surface area contributed by atoms with Crippen molar-refractivity contribution in [3.8, 4) is 12.3 Å². The first-order valence-corrected chi connectivity index (χ1v) is 13.4. The second-order valence-electron chi connectivity index (χ2n) is 9.49. The summed E-state index contributed by atoms with van der Waals surface area (Å²) in [5.41, 5.74) is 1.13. The van der Waals surface area contributed by atoms with E-state index in [4.69, 9.17) is 20.9 Å². The summed E-state index contributed by atoms with van der Waals surface area (Å²) in [5.74, 6) is -6.58. The summed E-state index contributed by atoms with van der Waals surface area (Å²) in [7, 11) is 0. The van der Waals surface area contributed by atoms with E-state index in [9.17, 15) is 27.9 Å². The smallest absolute Gasteiger partial charge is 0.338 e. The van der Waals surface area contributed by atoms with E-state index in [2.05, 4.69) is 16.2 Å². The van der Waals surface area contributed by atoms with Gasteiger partial charge in [0.15, 0.2) is 10.8 Å². The van der Waals surface area contributed by atoms with Crippen LogP contribution in [0.25, 0.3) is 0 Å². The molecule has 3 aliphatic rings. The van der Waals surface area contributed by atoms with Crippen LogP contribution < -0.4 is 5.32 Å². The number of hydrogen-bond acceptors (Lipinski definition) is 9. The van der Waals surface area contributed by atoms with Crippen LogP contribution in [-0.2, 0) is 19.1 Å². The van der Waals surface area contributed by atoms with Crippen LogP contribution in [0.5, 0.6) is 0 Å². The van der Waals surface area contributed by atoms with Crippen molar-refractivity contribution >= 4 is 29.1 Å². The van der Waals surface area contributed by atoms with Gasteiger partial charge in [-0.1, -0.05) is 12.0 Å². The summed E-state index contributed by atoms with van der Waals surface area (Å²) in [5, 5.41) is 14.7. The Bertz CT molecular complexity index is 1420. The number of carbonyl (C=O) groups is 2. The molecule has 0 spiro atoms. The molecule has 0 radical (unpaired) electrons. The maximum Gasteiger partial charge on any atom is 0.338 e. The molecular formula is C27H25F3N4O5S. The van der Waals surface area contributed by atoms with Gasteiger partial charge in [0.25, 0.3) is 5.92 Å². The highest BCUT2D eigenvalue weighted by Crippen LogP contribution is 2.58. The van der Waals surface area contributed by atoms with Gasteiger partial charge in [0.1, 0.15) is 17.8 Å². The average Bonchev–Trinajstić information content (AvgIpc) is 3.23. The number of aliphatic carboxylic acids is 1. The Morgan fingerprint density at radius 1 is 1.40 bits per heavy atom. The van der Waals surface area contributed by atoms with Gasteiger partial charge in [0, 0.05) is 42.5 Å². The first-order chi connectivity index (χ1) is 19.1. The van der Waals surface area contributed by atoms with Gasteiger partial charge in [-0.2, -0.15) is 0 Å². The van der Waals surface area contributed by atoms with Gasteiger partial charge in [0.2, 0.25) is 0 Å². The number of carboxylic acids is 1. The summed E-state index contributed by atoms with van der Waals surface area (Å²) < 4.78 is 53.5. The zero-order valence-electron chi connectivity index (χ0n) is 21.3. The van der Waals surface area contributed by atoms with Crippen molar-refractivity contribution in [3.05, 3.63) is 63.0 Å². The Labute approximate surface area is 231 Å². The van der Waals surface area contributed by atoms with Crippen molar-refractivity contribution < 1.29 is 37.3 Å². The maximum atomic E-state index is 14.3. The van der Waals surface area contributed by atoms with E-state index in [1.54, 1.807) is 23.4 Å². The van der Waals surface area contributed by atoms with Crippen LogP contribution in [-0.4, -0.2) is 77.6 Å². The van der Waals surface area contributed by atoms with Gasteiger partial charge in [-0.15, -0.1) is 17.8 Å². The Hall–Kier alpha value is -3.73. The lowest BCUT2D eigenvalue weighted by molar-refractivity contribution is -0.141. The Morgan fingerprint density at radius 3 is 2.85 bits per heavy atom. The van der Waals surface area contributed by atoms with E-state index in [-0.39, 0.29) is 37.4 Å². The second-order valence-corrected chi connectivity index (χ2v) is 10.4. The molecule has 9 nitrogen and oxygen atoms in total. The molecule has 2 aliphatic heterocycles. The zero-order valence-corrected chi connectivity index (χ0v) is 22.1. The highest BCUT2D eigenvalue weighted by molar-refractivity contribution is 7.11. The van der Waals surface area contributed by atoms with Crippen molar-refractivity contribution in [1.82, 2.24) is 15.2 Å². The molecule has 1 aromatic heterocycles. The zero-order chi connectivity index (χ0) is 28.6. The topological polar surface area (TPSA) is 113 Å². The molecule has 1 aliphatic carbocycles. The van der Waals surface area contributed by atoms with Gasteiger partial charge in [-0.3, -0.25) is 14.7 Å². The number of nitrogens with one attached hydrogen (secondary N) is 1. The summed E-state index contributed by atoms with van der Waals surface area (Å²) in [4.78, 5) is 35.5. The molecule has 0 amide bonds. The molecule has 1 saturated heterocycles. The fourth-order valence-electron chi connectivity index (χ4n) is 5.18. The van der Waals surface area contributed by atoms with Crippen molar-refractivity contribution in [2.75, 3.05) is 32.8 Å². The molecule has 2 aromatic rings. The molecule has 2 fully saturated rings. The van der Waals surface area contributed by atoms with Crippen LogP contribution in [0.4, 0.5) is 13.2 Å². The number of ether oxygens (including phenoxy) is 2. The number of aromatic nitrogens is 1. The van der Waals surface area contributed by atoms with Crippen molar-refractivity contribution in [3.63, 3.8) is 0 Å². The van der Waals surface area contributed by atoms with Crippen LogP contribution in [0.1, 0.15) is 29.1 Å². The van der Waals surface area contributed by atoms with E-state index in [0.717, 1.165) is 0 Å². The number of terminal acetylenes is 1. The molecule has 1 aromatic carbocycles. The predicted octanol–water partition coefficient (Wildman–Crippen LogP) is 2.84. The molecular weight excluding hydrogens is 549 g/mol. The molecule has 3 heterocycles.